The lowest BCUT2D eigenvalue weighted by molar-refractivity contribution is 0.145. The van der Waals surface area contributed by atoms with Crippen molar-refractivity contribution in [1.29, 1.82) is 0 Å². The smallest absolute Gasteiger partial charge is 0.407 e. The van der Waals surface area contributed by atoms with Gasteiger partial charge in [-0.3, -0.25) is 4.98 Å². The van der Waals surface area contributed by atoms with Gasteiger partial charge in [-0.25, -0.2) is 4.79 Å². The number of hydrogen-bond acceptors (Lipinski definition) is 4. The summed E-state index contributed by atoms with van der Waals surface area (Å²) < 4.78 is 4.72. The van der Waals surface area contributed by atoms with Gasteiger partial charge in [0, 0.05) is 12.2 Å². The highest BCUT2D eigenvalue weighted by molar-refractivity contribution is 5.85. The van der Waals surface area contributed by atoms with Gasteiger partial charge < -0.3 is 15.4 Å². The third-order valence-corrected chi connectivity index (χ3v) is 3.29. The lowest BCUT2D eigenvalue weighted by Gasteiger charge is -2.37. The van der Waals surface area contributed by atoms with Crippen LogP contribution in [-0.2, 0) is 10.3 Å². The summed E-state index contributed by atoms with van der Waals surface area (Å²) in [5.41, 5.74) is 1.38. The maximum absolute atomic E-state index is 11.6. The van der Waals surface area contributed by atoms with E-state index >= 15 is 0 Å². The van der Waals surface area contributed by atoms with Crippen LogP contribution in [0.25, 0.3) is 0 Å². The number of aromatic nitrogens is 1. The zero-order valence-corrected chi connectivity index (χ0v) is 12.0. The van der Waals surface area contributed by atoms with E-state index in [0.717, 1.165) is 30.8 Å². The number of nitrogens with zero attached hydrogens (tertiary/aromatic N) is 1. The van der Waals surface area contributed by atoms with Gasteiger partial charge in [0.05, 0.1) is 18.3 Å². The van der Waals surface area contributed by atoms with Gasteiger partial charge in [0.2, 0.25) is 0 Å². The van der Waals surface area contributed by atoms with E-state index in [2.05, 4.69) is 15.6 Å². The normalized spacial score (nSPS) is 22.2. The quantitative estimate of drug-likeness (QED) is 0.869. The molecule has 2 rings (SSSR count). The highest BCUT2D eigenvalue weighted by Crippen LogP contribution is 2.27. The summed E-state index contributed by atoms with van der Waals surface area (Å²) in [7, 11) is 1.38. The lowest BCUT2D eigenvalue weighted by atomic mass is 9.86. The van der Waals surface area contributed by atoms with Crippen molar-refractivity contribution in [3.8, 4) is 0 Å². The predicted molar refractivity (Wildman–Crippen MR) is 75.5 cm³/mol. The molecule has 2 heterocycles. The van der Waals surface area contributed by atoms with E-state index in [1.807, 2.05) is 25.1 Å². The van der Waals surface area contributed by atoms with Crippen LogP contribution in [0.2, 0.25) is 0 Å². The highest BCUT2D eigenvalue weighted by Gasteiger charge is 2.37. The van der Waals surface area contributed by atoms with Crippen molar-refractivity contribution in [2.75, 3.05) is 20.2 Å². The zero-order chi connectivity index (χ0) is 13.0. The summed E-state index contributed by atoms with van der Waals surface area (Å²) in [5.74, 6) is 0. The van der Waals surface area contributed by atoms with E-state index in [0.29, 0.717) is 6.54 Å². The Morgan fingerprint density at radius 2 is 2.32 bits per heavy atom. The molecule has 0 saturated carbocycles. The third kappa shape index (κ3) is 3.58. The van der Waals surface area contributed by atoms with E-state index in [4.69, 9.17) is 4.74 Å². The van der Waals surface area contributed by atoms with Crippen LogP contribution in [0.4, 0.5) is 4.79 Å². The van der Waals surface area contributed by atoms with Crippen LogP contribution in [0.3, 0.4) is 0 Å². The minimum atomic E-state index is -0.461. The van der Waals surface area contributed by atoms with Crippen LogP contribution < -0.4 is 10.6 Å². The Balaban J connectivity index is 0.00000180. The van der Waals surface area contributed by atoms with Gasteiger partial charge in [-0.05, 0) is 38.4 Å². The van der Waals surface area contributed by atoms with E-state index < -0.39 is 11.6 Å². The number of methoxy groups -OCH3 is 1. The standard InChI is InChI=1S/C13H19N3O2.ClH/c1-10-5-3-6-11(15-10)13(16-12(17)18-2)7-4-8-14-9-13;/h3,5-6,14H,4,7-9H2,1-2H3,(H,16,17);1H. The molecule has 1 aromatic heterocycles. The van der Waals surface area contributed by atoms with Crippen molar-refractivity contribution in [2.24, 2.45) is 0 Å². The molecule has 1 amide bonds. The van der Waals surface area contributed by atoms with Crippen LogP contribution in [-0.4, -0.2) is 31.3 Å². The maximum atomic E-state index is 11.6. The van der Waals surface area contributed by atoms with Crippen LogP contribution >= 0.6 is 12.4 Å². The lowest BCUT2D eigenvalue weighted by Crippen LogP contribution is -2.55. The fraction of sp³-hybridized carbons (Fsp3) is 0.538. The number of carbonyl (C=O) groups is 1. The van der Waals surface area contributed by atoms with E-state index in [9.17, 15) is 4.79 Å². The van der Waals surface area contributed by atoms with E-state index in [-0.39, 0.29) is 12.4 Å². The molecule has 1 saturated heterocycles. The largest absolute Gasteiger partial charge is 0.453 e. The van der Waals surface area contributed by atoms with Gasteiger partial charge in [-0.2, -0.15) is 0 Å². The number of piperidine rings is 1. The zero-order valence-electron chi connectivity index (χ0n) is 11.2. The van der Waals surface area contributed by atoms with Gasteiger partial charge >= 0.3 is 6.09 Å². The number of carbonyl (C=O) groups excluding carboxylic acids is 1. The number of aryl methyl sites for hydroxylation is 1. The molecule has 0 aliphatic carbocycles. The molecule has 0 bridgehead atoms. The molecule has 5 nitrogen and oxygen atoms in total. The van der Waals surface area contributed by atoms with Gasteiger partial charge in [0.15, 0.2) is 0 Å². The van der Waals surface area contributed by atoms with Gasteiger partial charge in [-0.1, -0.05) is 6.07 Å². The van der Waals surface area contributed by atoms with E-state index in [1.165, 1.54) is 7.11 Å². The van der Waals surface area contributed by atoms with Gasteiger partial charge in [0.1, 0.15) is 0 Å². The van der Waals surface area contributed by atoms with Gasteiger partial charge in [-0.15, -0.1) is 12.4 Å². The third-order valence-electron chi connectivity index (χ3n) is 3.29. The molecular weight excluding hydrogens is 266 g/mol. The molecule has 106 valence electrons. The van der Waals surface area contributed by atoms with E-state index in [1.54, 1.807) is 0 Å². The van der Waals surface area contributed by atoms with Crippen molar-refractivity contribution >= 4 is 18.5 Å². The van der Waals surface area contributed by atoms with Crippen molar-refractivity contribution in [2.45, 2.75) is 25.3 Å². The molecule has 1 fully saturated rings. The van der Waals surface area contributed by atoms with Crippen LogP contribution in [0.15, 0.2) is 18.2 Å². The summed E-state index contributed by atoms with van der Waals surface area (Å²) in [6.45, 7) is 3.60. The highest BCUT2D eigenvalue weighted by atomic mass is 35.5. The van der Waals surface area contributed by atoms with Gasteiger partial charge in [0.25, 0.3) is 0 Å². The molecule has 1 aliphatic heterocycles. The molecule has 6 heteroatoms. The van der Waals surface area contributed by atoms with Crippen LogP contribution in [0.1, 0.15) is 24.2 Å². The van der Waals surface area contributed by atoms with Crippen LogP contribution in [0.5, 0.6) is 0 Å². The Hall–Kier alpha value is -1.33. The second kappa shape index (κ2) is 6.73. The predicted octanol–water partition coefficient (Wildman–Crippen LogP) is 1.75. The molecule has 2 N–H and O–H groups in total. The first-order chi connectivity index (χ1) is 8.66. The first-order valence-electron chi connectivity index (χ1n) is 6.17. The fourth-order valence-electron chi connectivity index (χ4n) is 2.35. The molecule has 19 heavy (non-hydrogen) atoms. The Labute approximate surface area is 119 Å². The molecule has 1 unspecified atom stereocenters. The van der Waals surface area contributed by atoms with Crippen molar-refractivity contribution in [3.05, 3.63) is 29.6 Å². The SMILES string of the molecule is COC(=O)NC1(c2cccc(C)n2)CCCNC1.Cl. The molecule has 0 aromatic carbocycles. The Morgan fingerprint density at radius 1 is 1.53 bits per heavy atom. The summed E-state index contributed by atoms with van der Waals surface area (Å²) >= 11 is 0. The molecule has 0 spiro atoms. The minimum Gasteiger partial charge on any atom is -0.453 e. The molecular formula is C13H20ClN3O2. The summed E-state index contributed by atoms with van der Waals surface area (Å²) in [4.78, 5) is 16.1. The summed E-state index contributed by atoms with van der Waals surface area (Å²) in [6, 6.07) is 5.87. The number of amides is 1. The molecule has 1 aliphatic rings. The number of halogens is 1. The first-order valence-corrected chi connectivity index (χ1v) is 6.17. The van der Waals surface area contributed by atoms with Crippen molar-refractivity contribution < 1.29 is 9.53 Å². The average molecular weight is 286 g/mol. The fourth-order valence-corrected chi connectivity index (χ4v) is 2.35. The van der Waals surface area contributed by atoms with Crippen molar-refractivity contribution in [3.63, 3.8) is 0 Å². The van der Waals surface area contributed by atoms with Crippen molar-refractivity contribution in [1.82, 2.24) is 15.6 Å². The summed E-state index contributed by atoms with van der Waals surface area (Å²) in [5, 5.41) is 6.25. The molecule has 0 radical (unpaired) electrons. The Bertz CT molecular complexity index is 434. The Kier molecular flexibility index (Phi) is 5.57. The molecule has 1 aromatic rings. The minimum absolute atomic E-state index is 0. The first kappa shape index (κ1) is 15.7. The average Bonchev–Trinajstić information content (AvgIpc) is 2.39. The summed E-state index contributed by atoms with van der Waals surface area (Å²) in [6.07, 6.45) is 1.45. The second-order valence-corrected chi connectivity index (χ2v) is 4.64. The number of alkyl carbamates (subject to hydrolysis) is 1. The van der Waals surface area contributed by atoms with Crippen LogP contribution in [0, 0.1) is 6.92 Å². The second-order valence-electron chi connectivity index (χ2n) is 4.64. The number of pyridine rings is 1. The monoisotopic (exact) mass is 285 g/mol. The number of hydrogen-bond donors (Lipinski definition) is 2. The number of nitrogens with one attached hydrogen (secondary N) is 2. The topological polar surface area (TPSA) is 63.2 Å². The number of rotatable bonds is 2. The Morgan fingerprint density at radius 3 is 2.89 bits per heavy atom. The molecule has 1 atom stereocenters. The maximum Gasteiger partial charge on any atom is 0.407 e. The number of ether oxygens (including phenoxy) is 1.